The van der Waals surface area contributed by atoms with Crippen molar-refractivity contribution in [2.45, 2.75) is 111 Å². The van der Waals surface area contributed by atoms with Crippen LogP contribution in [0.1, 0.15) is 105 Å². The molecule has 0 radical (unpaired) electrons. The zero-order valence-corrected chi connectivity index (χ0v) is 24.1. The van der Waals surface area contributed by atoms with E-state index in [-0.39, 0.29) is 11.5 Å². The fraction of sp³-hybridized carbons (Fsp3) is 0.897. The molecule has 36 heavy (non-hydrogen) atoms. The lowest BCUT2D eigenvalue weighted by molar-refractivity contribution is -0.120. The van der Waals surface area contributed by atoms with Crippen LogP contribution in [0.25, 0.3) is 0 Å². The lowest BCUT2D eigenvalue weighted by atomic mass is 9.47. The molecule has 4 rings (SSSR count). The molecule has 4 aliphatic carbocycles. The molecule has 7 heteroatoms. The van der Waals surface area contributed by atoms with Gasteiger partial charge in [-0.1, -0.05) is 65.5 Å². The lowest BCUT2D eigenvalue weighted by Gasteiger charge is -2.58. The summed E-state index contributed by atoms with van der Waals surface area (Å²) >= 11 is 0. The van der Waals surface area contributed by atoms with Crippen molar-refractivity contribution in [1.29, 1.82) is 0 Å². The van der Waals surface area contributed by atoms with Crippen LogP contribution in [0.15, 0.2) is 11.6 Å². The first kappa shape index (κ1) is 28.3. The zero-order chi connectivity index (χ0) is 26.3. The number of rotatable bonds is 10. The van der Waals surface area contributed by atoms with Crippen LogP contribution in [-0.2, 0) is 18.4 Å². The van der Waals surface area contributed by atoms with Crippen molar-refractivity contribution in [3.8, 4) is 0 Å². The maximum atomic E-state index is 12.3. The minimum absolute atomic E-state index is 0.151. The van der Waals surface area contributed by atoms with E-state index in [1.807, 2.05) is 0 Å². The van der Waals surface area contributed by atoms with Crippen LogP contribution in [0.5, 0.6) is 0 Å². The van der Waals surface area contributed by atoms with Crippen molar-refractivity contribution in [2.75, 3.05) is 6.61 Å². The van der Waals surface area contributed by atoms with Gasteiger partial charge in [0.1, 0.15) is 6.61 Å². The number of primary amides is 1. The first-order valence-corrected chi connectivity index (χ1v) is 16.0. The van der Waals surface area contributed by atoms with E-state index in [9.17, 15) is 14.3 Å². The molecule has 0 bridgehead atoms. The summed E-state index contributed by atoms with van der Waals surface area (Å²) in [4.78, 5) is 21.0. The molecular formula is C29H50NO5P. The van der Waals surface area contributed by atoms with Gasteiger partial charge in [-0.3, -0.25) is 13.8 Å². The second kappa shape index (κ2) is 10.8. The van der Waals surface area contributed by atoms with Crippen molar-refractivity contribution in [3.63, 3.8) is 0 Å². The first-order valence-electron chi connectivity index (χ1n) is 14.5. The summed E-state index contributed by atoms with van der Waals surface area (Å²) in [7, 11) is -4.30. The molecule has 0 aliphatic heterocycles. The average Bonchev–Trinajstić information content (AvgIpc) is 3.15. The standard InChI is InChI=1S/C29H50NO5P/c1-19(2)7-6-8-20(3)24-11-12-25-23-10-9-21-17-22(35-36(32,33)34-18-27(30)31)13-15-28(21,4)26(23)14-16-29(24,25)5/h9,19-20,22-26H,6-8,10-18H2,1-5H3,(H2,30,31)(H,32,33)/t20-,22?,23?,24-,25?,26?,28+,29-/m1/s1. The van der Waals surface area contributed by atoms with Gasteiger partial charge in [-0.2, -0.15) is 0 Å². The summed E-state index contributed by atoms with van der Waals surface area (Å²) < 4.78 is 22.5. The Morgan fingerprint density at radius 2 is 1.89 bits per heavy atom. The van der Waals surface area contributed by atoms with Crippen molar-refractivity contribution >= 4 is 13.7 Å². The molecule has 0 aromatic heterocycles. The quantitative estimate of drug-likeness (QED) is 0.237. The summed E-state index contributed by atoms with van der Waals surface area (Å²) in [6, 6.07) is 0. The van der Waals surface area contributed by atoms with E-state index in [1.54, 1.807) is 0 Å². The molecule has 4 aliphatic rings. The highest BCUT2D eigenvalue weighted by Gasteiger charge is 2.59. The monoisotopic (exact) mass is 523 g/mol. The number of phosphoric acid groups is 1. The molecule has 0 saturated heterocycles. The number of hydrogen-bond acceptors (Lipinski definition) is 4. The van der Waals surface area contributed by atoms with Crippen LogP contribution in [0.2, 0.25) is 0 Å². The number of fused-ring (bicyclic) bond motifs is 5. The van der Waals surface area contributed by atoms with Gasteiger partial charge in [-0.15, -0.1) is 0 Å². The van der Waals surface area contributed by atoms with Gasteiger partial charge < -0.3 is 10.6 Å². The molecule has 5 unspecified atom stereocenters. The van der Waals surface area contributed by atoms with Gasteiger partial charge >= 0.3 is 7.82 Å². The fourth-order valence-corrected chi connectivity index (χ4v) is 10.0. The Bertz CT molecular complexity index is 889. The van der Waals surface area contributed by atoms with Gasteiger partial charge in [-0.25, -0.2) is 4.57 Å². The minimum Gasteiger partial charge on any atom is -0.368 e. The van der Waals surface area contributed by atoms with Crippen molar-refractivity contribution in [2.24, 2.45) is 52.1 Å². The third kappa shape index (κ3) is 5.67. The van der Waals surface area contributed by atoms with Crippen LogP contribution in [-0.4, -0.2) is 23.5 Å². The lowest BCUT2D eigenvalue weighted by Crippen LogP contribution is -2.51. The van der Waals surface area contributed by atoms with Gasteiger partial charge in [0.25, 0.3) is 0 Å². The number of allylic oxidation sites excluding steroid dienone is 1. The van der Waals surface area contributed by atoms with Crippen molar-refractivity contribution < 1.29 is 23.3 Å². The topological polar surface area (TPSA) is 98.8 Å². The summed E-state index contributed by atoms with van der Waals surface area (Å²) in [6.45, 7) is 11.7. The maximum absolute atomic E-state index is 12.3. The number of phosphoric ester groups is 1. The second-order valence-corrected chi connectivity index (χ2v) is 14.9. The molecule has 206 valence electrons. The Labute approximate surface area is 218 Å². The molecule has 1 amide bonds. The molecule has 9 atom stereocenters. The van der Waals surface area contributed by atoms with Gasteiger partial charge in [-0.05, 0) is 97.7 Å². The van der Waals surface area contributed by atoms with E-state index in [4.69, 9.17) is 14.8 Å². The molecule has 0 aromatic rings. The van der Waals surface area contributed by atoms with E-state index in [1.165, 1.54) is 50.5 Å². The summed E-state index contributed by atoms with van der Waals surface area (Å²) in [5, 5.41) is 0. The van der Waals surface area contributed by atoms with E-state index < -0.39 is 20.3 Å². The molecule has 3 fully saturated rings. The summed E-state index contributed by atoms with van der Waals surface area (Å²) in [6.07, 6.45) is 15.1. The Morgan fingerprint density at radius 3 is 2.58 bits per heavy atom. The van der Waals surface area contributed by atoms with Crippen LogP contribution in [0.3, 0.4) is 0 Å². The minimum atomic E-state index is -4.30. The van der Waals surface area contributed by atoms with Crippen LogP contribution >= 0.6 is 7.82 Å². The number of amides is 1. The Kier molecular flexibility index (Phi) is 8.52. The van der Waals surface area contributed by atoms with Gasteiger partial charge in [0.05, 0.1) is 6.10 Å². The van der Waals surface area contributed by atoms with E-state index >= 15 is 0 Å². The molecular weight excluding hydrogens is 473 g/mol. The predicted molar refractivity (Wildman–Crippen MR) is 143 cm³/mol. The van der Waals surface area contributed by atoms with Crippen LogP contribution in [0, 0.1) is 46.3 Å². The SMILES string of the molecule is CC(C)CCC[C@@H](C)[C@H]1CCC2C3CC=C4CC(OP(=O)(O)OCC(N)=O)CC[C@]4(C)C3CC[C@@]21C. The largest absolute Gasteiger partial charge is 0.472 e. The van der Waals surface area contributed by atoms with E-state index in [0.717, 1.165) is 48.9 Å². The third-order valence-electron chi connectivity index (χ3n) is 10.9. The molecule has 3 N–H and O–H groups in total. The normalized spacial score (nSPS) is 40.5. The maximum Gasteiger partial charge on any atom is 0.472 e. The van der Waals surface area contributed by atoms with Gasteiger partial charge in [0.15, 0.2) is 0 Å². The molecule has 0 heterocycles. The Morgan fingerprint density at radius 1 is 1.14 bits per heavy atom. The van der Waals surface area contributed by atoms with Crippen LogP contribution in [0.4, 0.5) is 0 Å². The van der Waals surface area contributed by atoms with Crippen LogP contribution < -0.4 is 5.73 Å². The average molecular weight is 524 g/mol. The van der Waals surface area contributed by atoms with Crippen molar-refractivity contribution in [1.82, 2.24) is 0 Å². The fourth-order valence-electron chi connectivity index (χ4n) is 9.11. The predicted octanol–water partition coefficient (Wildman–Crippen LogP) is 7.02. The first-order chi connectivity index (χ1) is 16.9. The number of carbonyl (C=O) groups is 1. The number of carbonyl (C=O) groups excluding carboxylic acids is 1. The summed E-state index contributed by atoms with van der Waals surface area (Å²) in [5.74, 6) is 3.96. The molecule has 6 nitrogen and oxygen atoms in total. The molecule has 3 saturated carbocycles. The Hall–Kier alpha value is -0.680. The van der Waals surface area contributed by atoms with E-state index in [0.29, 0.717) is 17.8 Å². The second-order valence-electron chi connectivity index (χ2n) is 13.5. The smallest absolute Gasteiger partial charge is 0.368 e. The molecule has 0 spiro atoms. The highest BCUT2D eigenvalue weighted by molar-refractivity contribution is 7.47. The van der Waals surface area contributed by atoms with Crippen molar-refractivity contribution in [3.05, 3.63) is 11.6 Å². The highest BCUT2D eigenvalue weighted by atomic mass is 31.2. The third-order valence-corrected chi connectivity index (χ3v) is 11.9. The van der Waals surface area contributed by atoms with E-state index in [2.05, 4.69) is 40.7 Å². The molecule has 0 aromatic carbocycles. The highest BCUT2D eigenvalue weighted by Crippen LogP contribution is 2.67. The Balaban J connectivity index is 1.42. The van der Waals surface area contributed by atoms with Gasteiger partial charge in [0.2, 0.25) is 5.91 Å². The van der Waals surface area contributed by atoms with Gasteiger partial charge in [0, 0.05) is 0 Å². The number of hydrogen-bond donors (Lipinski definition) is 2. The number of nitrogens with two attached hydrogens (primary N) is 1. The zero-order valence-electron chi connectivity index (χ0n) is 23.2. The summed E-state index contributed by atoms with van der Waals surface area (Å²) in [5.41, 5.74) is 7.07.